The molecule has 0 unspecified atom stereocenters. The van der Waals surface area contributed by atoms with Crippen LogP contribution in [0.4, 0.5) is 8.78 Å². The predicted octanol–water partition coefficient (Wildman–Crippen LogP) is 2.33. The van der Waals surface area contributed by atoms with E-state index < -0.39 is 11.6 Å². The van der Waals surface area contributed by atoms with Gasteiger partial charge in [-0.3, -0.25) is 0 Å². The molecule has 1 radical (unpaired) electrons. The molecule has 1 aromatic rings. The number of hydrogen-bond acceptors (Lipinski definition) is 0. The Morgan fingerprint density at radius 2 is 1.80 bits per heavy atom. The van der Waals surface area contributed by atoms with Crippen molar-refractivity contribution in [1.82, 2.24) is 0 Å². The van der Waals surface area contributed by atoms with Crippen LogP contribution < -0.4 is 0 Å². The molecule has 0 saturated carbocycles. The van der Waals surface area contributed by atoms with Crippen molar-refractivity contribution in [3.63, 3.8) is 0 Å². The summed E-state index contributed by atoms with van der Waals surface area (Å²) >= 11 is 0. The molecule has 1 aromatic carbocycles. The summed E-state index contributed by atoms with van der Waals surface area (Å²) in [5.41, 5.74) is 0.138. The normalized spacial score (nSPS) is 9.90. The molecule has 0 fully saturated rings. The van der Waals surface area contributed by atoms with Crippen LogP contribution in [0.25, 0.3) is 0 Å². The van der Waals surface area contributed by atoms with E-state index in [-0.39, 0.29) is 5.56 Å². The van der Waals surface area contributed by atoms with Gasteiger partial charge < -0.3 is 0 Å². The molecule has 0 saturated heterocycles. The Morgan fingerprint density at radius 3 is 2.10 bits per heavy atom. The molecule has 0 aliphatic heterocycles. The van der Waals surface area contributed by atoms with Crippen LogP contribution in [0.2, 0.25) is 0 Å². The second kappa shape index (κ2) is 2.78. The zero-order valence-corrected chi connectivity index (χ0v) is 5.62. The lowest BCUT2D eigenvalue weighted by Crippen LogP contribution is -1.91. The Morgan fingerprint density at radius 1 is 1.30 bits per heavy atom. The molecule has 0 aliphatic rings. The van der Waals surface area contributed by atoms with Crippen LogP contribution in [0.3, 0.4) is 0 Å². The van der Waals surface area contributed by atoms with E-state index in [9.17, 15) is 8.78 Å². The van der Waals surface area contributed by atoms with E-state index in [1.165, 1.54) is 0 Å². The smallest absolute Gasteiger partial charge is 0.129 e. The molecule has 10 heavy (non-hydrogen) atoms. The van der Waals surface area contributed by atoms with Gasteiger partial charge in [-0.25, -0.2) is 8.78 Å². The quantitative estimate of drug-likeness (QED) is 0.563. The third kappa shape index (κ3) is 1.15. The number of halogens is 2. The van der Waals surface area contributed by atoms with Gasteiger partial charge in [0.05, 0.1) is 0 Å². The first-order valence-electron chi connectivity index (χ1n) is 3.09. The van der Waals surface area contributed by atoms with Gasteiger partial charge in [0.1, 0.15) is 11.6 Å². The Kier molecular flexibility index (Phi) is 2.00. The largest absolute Gasteiger partial charge is 0.207 e. The fourth-order valence-corrected chi connectivity index (χ4v) is 0.814. The van der Waals surface area contributed by atoms with Crippen molar-refractivity contribution in [1.29, 1.82) is 0 Å². The summed E-state index contributed by atoms with van der Waals surface area (Å²) in [6.45, 7) is 1.71. The summed E-state index contributed by atoms with van der Waals surface area (Å²) in [4.78, 5) is 0. The standard InChI is InChI=1S/C8H7F2/c1-2-6-7(9)4-3-5-8(6)10/h4-5H,2H2,1H3. The number of hydrogen-bond donors (Lipinski definition) is 0. The summed E-state index contributed by atoms with van der Waals surface area (Å²) in [7, 11) is 0. The minimum atomic E-state index is -0.512. The molecular formula is C8H7F2. The van der Waals surface area contributed by atoms with Gasteiger partial charge in [0.25, 0.3) is 0 Å². The van der Waals surface area contributed by atoms with E-state index in [1.54, 1.807) is 6.92 Å². The second-order valence-electron chi connectivity index (χ2n) is 1.98. The lowest BCUT2D eigenvalue weighted by atomic mass is 10.1. The maximum absolute atomic E-state index is 12.6. The Hall–Kier alpha value is -0.920. The van der Waals surface area contributed by atoms with E-state index in [0.29, 0.717) is 6.42 Å². The lowest BCUT2D eigenvalue weighted by molar-refractivity contribution is 0.558. The zero-order chi connectivity index (χ0) is 7.56. The van der Waals surface area contributed by atoms with Crippen molar-refractivity contribution < 1.29 is 8.78 Å². The van der Waals surface area contributed by atoms with Gasteiger partial charge in [-0.05, 0) is 24.6 Å². The van der Waals surface area contributed by atoms with Gasteiger partial charge in [-0.1, -0.05) is 6.92 Å². The second-order valence-corrected chi connectivity index (χ2v) is 1.98. The first-order valence-corrected chi connectivity index (χ1v) is 3.09. The van der Waals surface area contributed by atoms with Crippen LogP contribution in [0.5, 0.6) is 0 Å². The molecule has 0 aliphatic carbocycles. The van der Waals surface area contributed by atoms with Crippen LogP contribution in [0, 0.1) is 17.7 Å². The van der Waals surface area contributed by atoms with Crippen LogP contribution >= 0.6 is 0 Å². The van der Waals surface area contributed by atoms with Gasteiger partial charge in [-0.2, -0.15) is 0 Å². The summed E-state index contributed by atoms with van der Waals surface area (Å²) in [5, 5.41) is 0. The first-order chi connectivity index (χ1) is 4.75. The molecule has 0 heterocycles. The molecule has 0 aromatic heterocycles. The lowest BCUT2D eigenvalue weighted by Gasteiger charge is -1.98. The highest BCUT2D eigenvalue weighted by Crippen LogP contribution is 2.11. The van der Waals surface area contributed by atoms with E-state index in [4.69, 9.17) is 0 Å². The van der Waals surface area contributed by atoms with Gasteiger partial charge in [0.15, 0.2) is 0 Å². The Labute approximate surface area is 58.5 Å². The molecule has 0 nitrogen and oxygen atoms in total. The molecule has 0 amide bonds. The summed E-state index contributed by atoms with van der Waals surface area (Å²) in [5.74, 6) is -1.02. The van der Waals surface area contributed by atoms with Crippen LogP contribution in [-0.2, 0) is 6.42 Å². The van der Waals surface area contributed by atoms with Gasteiger partial charge >= 0.3 is 0 Å². The van der Waals surface area contributed by atoms with E-state index in [0.717, 1.165) is 12.1 Å². The van der Waals surface area contributed by atoms with Crippen molar-refractivity contribution >= 4 is 0 Å². The average Bonchev–Trinajstić information content (AvgIpc) is 1.88. The molecule has 0 spiro atoms. The maximum Gasteiger partial charge on any atom is 0.129 e. The molecule has 2 heteroatoms. The molecular weight excluding hydrogens is 134 g/mol. The minimum Gasteiger partial charge on any atom is -0.207 e. The first kappa shape index (κ1) is 7.19. The fraction of sp³-hybridized carbons (Fsp3) is 0.250. The summed E-state index contributed by atoms with van der Waals surface area (Å²) in [6, 6.07) is 4.64. The van der Waals surface area contributed by atoms with Crippen molar-refractivity contribution in [2.75, 3.05) is 0 Å². The Balaban J connectivity index is 3.17. The fourth-order valence-electron chi connectivity index (χ4n) is 0.814. The van der Waals surface area contributed by atoms with Gasteiger partial charge in [0.2, 0.25) is 0 Å². The van der Waals surface area contributed by atoms with Crippen molar-refractivity contribution in [2.24, 2.45) is 0 Å². The van der Waals surface area contributed by atoms with Crippen molar-refractivity contribution in [3.05, 3.63) is 35.4 Å². The molecule has 0 bridgehead atoms. The third-order valence-electron chi connectivity index (χ3n) is 1.35. The number of rotatable bonds is 1. The maximum atomic E-state index is 12.6. The summed E-state index contributed by atoms with van der Waals surface area (Å²) in [6.07, 6.45) is 0.381. The highest BCUT2D eigenvalue weighted by Gasteiger charge is 2.03. The SMILES string of the molecule is CCc1c(F)c[c]cc1F. The molecule has 53 valence electrons. The molecule has 1 rings (SSSR count). The van der Waals surface area contributed by atoms with Crippen LogP contribution in [0.15, 0.2) is 12.1 Å². The summed E-state index contributed by atoms with van der Waals surface area (Å²) < 4.78 is 25.2. The monoisotopic (exact) mass is 141 g/mol. The Bertz CT molecular complexity index is 210. The topological polar surface area (TPSA) is 0 Å². The van der Waals surface area contributed by atoms with Gasteiger partial charge in [-0.15, -0.1) is 0 Å². The molecule has 0 atom stereocenters. The minimum absolute atomic E-state index is 0.138. The van der Waals surface area contributed by atoms with Gasteiger partial charge in [0, 0.05) is 5.56 Å². The van der Waals surface area contributed by atoms with Crippen LogP contribution in [0.1, 0.15) is 12.5 Å². The zero-order valence-electron chi connectivity index (χ0n) is 5.62. The van der Waals surface area contributed by atoms with E-state index in [2.05, 4.69) is 6.07 Å². The average molecular weight is 141 g/mol. The van der Waals surface area contributed by atoms with Crippen molar-refractivity contribution in [3.8, 4) is 0 Å². The molecule has 0 N–H and O–H groups in total. The highest BCUT2D eigenvalue weighted by molar-refractivity contribution is 5.18. The highest BCUT2D eigenvalue weighted by atomic mass is 19.1. The van der Waals surface area contributed by atoms with E-state index >= 15 is 0 Å². The van der Waals surface area contributed by atoms with E-state index in [1.807, 2.05) is 0 Å². The third-order valence-corrected chi connectivity index (χ3v) is 1.35. The predicted molar refractivity (Wildman–Crippen MR) is 34.6 cm³/mol. The number of benzene rings is 1. The van der Waals surface area contributed by atoms with Crippen LogP contribution in [-0.4, -0.2) is 0 Å². The van der Waals surface area contributed by atoms with Crippen molar-refractivity contribution in [2.45, 2.75) is 13.3 Å².